The number of aromatic amines is 1. The number of halogens is 1. The summed E-state index contributed by atoms with van der Waals surface area (Å²) in [5.41, 5.74) is 2.85. The largest absolute Gasteiger partial charge is 0.463 e. The number of fused-ring (bicyclic) bond motifs is 1. The molecule has 102 valence electrons. The summed E-state index contributed by atoms with van der Waals surface area (Å²) in [4.78, 5) is 14.7. The Bertz CT molecular complexity index is 601. The zero-order valence-corrected chi connectivity index (χ0v) is 11.4. The number of carbonyl (C=O) groups is 1. The lowest BCUT2D eigenvalue weighted by molar-refractivity contribution is -0.147. The van der Waals surface area contributed by atoms with Crippen molar-refractivity contribution in [3.63, 3.8) is 0 Å². The van der Waals surface area contributed by atoms with E-state index in [1.54, 1.807) is 6.07 Å². The van der Waals surface area contributed by atoms with Crippen LogP contribution >= 0.6 is 0 Å². The Labute approximate surface area is 111 Å². The van der Waals surface area contributed by atoms with Gasteiger partial charge in [-0.3, -0.25) is 4.79 Å². The molecule has 0 saturated carbocycles. The highest BCUT2D eigenvalue weighted by Crippen LogP contribution is 2.23. The molecule has 0 atom stereocenters. The molecule has 2 rings (SSSR count). The van der Waals surface area contributed by atoms with Gasteiger partial charge in [-0.05, 0) is 51.0 Å². The van der Waals surface area contributed by atoms with Crippen LogP contribution in [0.25, 0.3) is 10.9 Å². The topological polar surface area (TPSA) is 42.1 Å². The number of aryl methyl sites for hydroxylation is 2. The predicted octanol–water partition coefficient (Wildman–Crippen LogP) is 3.50. The van der Waals surface area contributed by atoms with Crippen LogP contribution in [0.3, 0.4) is 0 Å². The molecule has 0 saturated heterocycles. The molecule has 1 heterocycles. The average Bonchev–Trinajstić information content (AvgIpc) is 2.63. The Kier molecular flexibility index (Phi) is 3.88. The molecule has 1 aromatic carbocycles. The second-order valence-electron chi connectivity index (χ2n) is 4.96. The molecule has 1 N–H and O–H groups in total. The van der Waals surface area contributed by atoms with Gasteiger partial charge in [-0.25, -0.2) is 4.39 Å². The first-order valence-corrected chi connectivity index (χ1v) is 6.43. The van der Waals surface area contributed by atoms with E-state index in [0.717, 1.165) is 22.2 Å². The maximum Gasteiger partial charge on any atom is 0.306 e. The van der Waals surface area contributed by atoms with E-state index in [9.17, 15) is 9.18 Å². The zero-order valence-electron chi connectivity index (χ0n) is 11.4. The standard InChI is InChI=1S/C15H18FNO2/c1-9(2)19-15(18)7-6-13-10(3)12-8-11(16)4-5-14(12)17-13/h4-5,8-9,17H,6-7H2,1-3H3. The second kappa shape index (κ2) is 5.43. The summed E-state index contributed by atoms with van der Waals surface area (Å²) in [5, 5.41) is 0.868. The van der Waals surface area contributed by atoms with Crippen molar-refractivity contribution in [3.05, 3.63) is 35.3 Å². The molecule has 0 aliphatic rings. The molecule has 0 bridgehead atoms. The minimum absolute atomic E-state index is 0.0922. The number of aromatic nitrogens is 1. The van der Waals surface area contributed by atoms with Crippen molar-refractivity contribution in [2.45, 2.75) is 39.7 Å². The lowest BCUT2D eigenvalue weighted by Gasteiger charge is -2.07. The Hall–Kier alpha value is -1.84. The van der Waals surface area contributed by atoms with E-state index in [2.05, 4.69) is 4.98 Å². The molecule has 2 aromatic rings. The molecular weight excluding hydrogens is 245 g/mol. The Morgan fingerprint density at radius 2 is 2.16 bits per heavy atom. The van der Waals surface area contributed by atoms with Crippen molar-refractivity contribution >= 4 is 16.9 Å². The third-order valence-corrected chi connectivity index (χ3v) is 3.07. The number of nitrogens with one attached hydrogen (secondary N) is 1. The molecule has 0 radical (unpaired) electrons. The summed E-state index contributed by atoms with van der Waals surface area (Å²) in [6.07, 6.45) is 0.813. The van der Waals surface area contributed by atoms with Gasteiger partial charge in [0.05, 0.1) is 12.5 Å². The number of hydrogen-bond donors (Lipinski definition) is 1. The highest BCUT2D eigenvalue weighted by Gasteiger charge is 2.11. The molecule has 0 amide bonds. The fraction of sp³-hybridized carbons (Fsp3) is 0.400. The van der Waals surface area contributed by atoms with Crippen molar-refractivity contribution < 1.29 is 13.9 Å². The lowest BCUT2D eigenvalue weighted by Crippen LogP contribution is -2.12. The predicted molar refractivity (Wildman–Crippen MR) is 72.5 cm³/mol. The van der Waals surface area contributed by atoms with Crippen LogP contribution in [0.1, 0.15) is 31.5 Å². The van der Waals surface area contributed by atoms with E-state index in [0.29, 0.717) is 12.8 Å². The quantitative estimate of drug-likeness (QED) is 0.858. The van der Waals surface area contributed by atoms with Crippen molar-refractivity contribution in [1.82, 2.24) is 4.98 Å². The van der Waals surface area contributed by atoms with Crippen LogP contribution in [-0.2, 0) is 16.0 Å². The number of hydrogen-bond acceptors (Lipinski definition) is 2. The third-order valence-electron chi connectivity index (χ3n) is 3.07. The highest BCUT2D eigenvalue weighted by atomic mass is 19.1. The SMILES string of the molecule is Cc1c(CCC(=O)OC(C)C)[nH]c2ccc(F)cc12. The Balaban J connectivity index is 2.13. The molecule has 1 aromatic heterocycles. The van der Waals surface area contributed by atoms with Gasteiger partial charge in [-0.15, -0.1) is 0 Å². The minimum atomic E-state index is -0.250. The van der Waals surface area contributed by atoms with Crippen LogP contribution in [0.15, 0.2) is 18.2 Å². The molecule has 4 heteroatoms. The first-order valence-electron chi connectivity index (χ1n) is 6.43. The first-order chi connectivity index (χ1) is 8.97. The van der Waals surface area contributed by atoms with Crippen LogP contribution in [0.2, 0.25) is 0 Å². The van der Waals surface area contributed by atoms with E-state index in [4.69, 9.17) is 4.74 Å². The first kappa shape index (κ1) is 13.6. The van der Waals surface area contributed by atoms with Gasteiger partial charge in [0, 0.05) is 16.6 Å². The maximum atomic E-state index is 13.2. The number of ether oxygens (including phenoxy) is 1. The van der Waals surface area contributed by atoms with Crippen LogP contribution in [0.4, 0.5) is 4.39 Å². The van der Waals surface area contributed by atoms with E-state index < -0.39 is 0 Å². The second-order valence-corrected chi connectivity index (χ2v) is 4.96. The molecule has 19 heavy (non-hydrogen) atoms. The van der Waals surface area contributed by atoms with Gasteiger partial charge in [-0.2, -0.15) is 0 Å². The molecular formula is C15H18FNO2. The Morgan fingerprint density at radius 1 is 1.42 bits per heavy atom. The summed E-state index contributed by atoms with van der Waals surface area (Å²) in [5.74, 6) is -0.459. The van der Waals surface area contributed by atoms with E-state index in [1.165, 1.54) is 12.1 Å². The van der Waals surface area contributed by atoms with Gasteiger partial charge >= 0.3 is 5.97 Å². The molecule has 0 aliphatic heterocycles. The minimum Gasteiger partial charge on any atom is -0.463 e. The third kappa shape index (κ3) is 3.13. The van der Waals surface area contributed by atoms with Gasteiger partial charge in [0.1, 0.15) is 5.82 Å². The van der Waals surface area contributed by atoms with Crippen LogP contribution in [0, 0.1) is 12.7 Å². The van der Waals surface area contributed by atoms with Crippen molar-refractivity contribution in [2.75, 3.05) is 0 Å². The summed E-state index contributed by atoms with van der Waals surface area (Å²) in [7, 11) is 0. The molecule has 0 fully saturated rings. The maximum absolute atomic E-state index is 13.2. The van der Waals surface area contributed by atoms with Gasteiger partial charge in [0.2, 0.25) is 0 Å². The highest BCUT2D eigenvalue weighted by molar-refractivity contribution is 5.84. The van der Waals surface area contributed by atoms with Gasteiger partial charge < -0.3 is 9.72 Å². The summed E-state index contributed by atoms with van der Waals surface area (Å²) < 4.78 is 18.3. The molecule has 0 spiro atoms. The lowest BCUT2D eigenvalue weighted by atomic mass is 10.1. The van der Waals surface area contributed by atoms with Gasteiger partial charge in [0.25, 0.3) is 0 Å². The monoisotopic (exact) mass is 263 g/mol. The summed E-state index contributed by atoms with van der Waals surface area (Å²) in [6.45, 7) is 5.59. The van der Waals surface area contributed by atoms with Gasteiger partial charge in [-0.1, -0.05) is 0 Å². The number of esters is 1. The molecule has 0 unspecified atom stereocenters. The van der Waals surface area contributed by atoms with E-state index >= 15 is 0 Å². The number of benzene rings is 1. The van der Waals surface area contributed by atoms with Crippen molar-refractivity contribution in [2.24, 2.45) is 0 Å². The van der Waals surface area contributed by atoms with E-state index in [1.807, 2.05) is 20.8 Å². The average molecular weight is 263 g/mol. The van der Waals surface area contributed by atoms with E-state index in [-0.39, 0.29) is 17.9 Å². The van der Waals surface area contributed by atoms with Gasteiger partial charge in [0.15, 0.2) is 0 Å². The van der Waals surface area contributed by atoms with Crippen LogP contribution in [0.5, 0.6) is 0 Å². The Morgan fingerprint density at radius 3 is 2.84 bits per heavy atom. The number of H-pyrrole nitrogens is 1. The summed E-state index contributed by atoms with van der Waals surface area (Å²) >= 11 is 0. The van der Waals surface area contributed by atoms with Crippen LogP contribution < -0.4 is 0 Å². The van der Waals surface area contributed by atoms with Crippen molar-refractivity contribution in [3.8, 4) is 0 Å². The zero-order chi connectivity index (χ0) is 14.0. The summed E-state index contributed by atoms with van der Waals surface area (Å²) in [6, 6.07) is 4.65. The van der Waals surface area contributed by atoms with Crippen molar-refractivity contribution in [1.29, 1.82) is 0 Å². The smallest absolute Gasteiger partial charge is 0.306 e. The number of rotatable bonds is 4. The molecule has 0 aliphatic carbocycles. The fourth-order valence-electron chi connectivity index (χ4n) is 2.15. The van der Waals surface area contributed by atoms with Crippen LogP contribution in [-0.4, -0.2) is 17.1 Å². The molecule has 3 nitrogen and oxygen atoms in total. The normalized spacial score (nSPS) is 11.2. The fourth-order valence-corrected chi connectivity index (χ4v) is 2.15. The number of carbonyl (C=O) groups excluding carboxylic acids is 1.